The lowest BCUT2D eigenvalue weighted by Crippen LogP contribution is -2.37. The summed E-state index contributed by atoms with van der Waals surface area (Å²) in [6.45, 7) is 6.64. The number of nitrogens with zero attached hydrogens (tertiary/aromatic N) is 1. The largest absolute Gasteiger partial charge is 0.301 e. The van der Waals surface area contributed by atoms with Crippen LogP contribution in [0.4, 0.5) is 4.39 Å². The van der Waals surface area contributed by atoms with Crippen LogP contribution >= 0.6 is 0 Å². The smallest absolute Gasteiger partial charge is 0.126 e. The van der Waals surface area contributed by atoms with Crippen LogP contribution in [-0.2, 0) is 0 Å². The summed E-state index contributed by atoms with van der Waals surface area (Å²) in [5.74, 6) is 0.377. The quantitative estimate of drug-likeness (QED) is 0.739. The van der Waals surface area contributed by atoms with Crippen molar-refractivity contribution in [3.05, 3.63) is 35.6 Å². The van der Waals surface area contributed by atoms with Crippen molar-refractivity contribution in [2.24, 2.45) is 0 Å². The summed E-state index contributed by atoms with van der Waals surface area (Å²) in [4.78, 5) is 2.47. The van der Waals surface area contributed by atoms with Gasteiger partial charge in [0, 0.05) is 6.04 Å². The van der Waals surface area contributed by atoms with E-state index in [4.69, 9.17) is 0 Å². The molecular weight excluding hydrogens is 201 g/mol. The highest BCUT2D eigenvalue weighted by atomic mass is 19.1. The van der Waals surface area contributed by atoms with E-state index in [-0.39, 0.29) is 5.82 Å². The number of likely N-dealkylation sites (tertiary alicyclic amines) is 1. The van der Waals surface area contributed by atoms with Crippen LogP contribution in [0.3, 0.4) is 0 Å². The van der Waals surface area contributed by atoms with Gasteiger partial charge in [0.05, 0.1) is 0 Å². The van der Waals surface area contributed by atoms with E-state index >= 15 is 0 Å². The van der Waals surface area contributed by atoms with Gasteiger partial charge in [-0.1, -0.05) is 18.2 Å². The first-order chi connectivity index (χ1) is 7.68. The molecular formula is C14H20FN. The molecule has 2 heteroatoms. The van der Waals surface area contributed by atoms with Crippen LogP contribution in [0.1, 0.15) is 38.2 Å². The number of halogens is 1. The molecule has 0 amide bonds. The van der Waals surface area contributed by atoms with E-state index < -0.39 is 0 Å². The molecule has 1 aliphatic rings. The second-order valence-corrected chi connectivity index (χ2v) is 4.93. The van der Waals surface area contributed by atoms with E-state index in [0.717, 1.165) is 31.5 Å². The van der Waals surface area contributed by atoms with Crippen molar-refractivity contribution in [1.29, 1.82) is 0 Å². The Bertz CT molecular complexity index is 340. The van der Waals surface area contributed by atoms with Crippen LogP contribution in [-0.4, -0.2) is 24.0 Å². The summed E-state index contributed by atoms with van der Waals surface area (Å²) in [5, 5.41) is 0. The molecule has 16 heavy (non-hydrogen) atoms. The van der Waals surface area contributed by atoms with Crippen molar-refractivity contribution in [3.8, 4) is 0 Å². The predicted octanol–water partition coefficient (Wildman–Crippen LogP) is 3.41. The summed E-state index contributed by atoms with van der Waals surface area (Å²) in [6.07, 6.45) is 2.16. The van der Waals surface area contributed by atoms with Gasteiger partial charge < -0.3 is 4.90 Å². The summed E-state index contributed by atoms with van der Waals surface area (Å²) < 4.78 is 13.6. The number of rotatable bonds is 2. The molecule has 1 nitrogen and oxygen atoms in total. The van der Waals surface area contributed by atoms with Crippen molar-refractivity contribution in [3.63, 3.8) is 0 Å². The number of hydrogen-bond acceptors (Lipinski definition) is 1. The molecule has 1 aromatic rings. The Balaban J connectivity index is 2.02. The Hall–Kier alpha value is -0.890. The fourth-order valence-corrected chi connectivity index (χ4v) is 2.53. The van der Waals surface area contributed by atoms with Gasteiger partial charge >= 0.3 is 0 Å². The Labute approximate surface area is 97.3 Å². The van der Waals surface area contributed by atoms with Crippen LogP contribution < -0.4 is 0 Å². The average molecular weight is 221 g/mol. The Morgan fingerprint density at radius 3 is 2.38 bits per heavy atom. The van der Waals surface area contributed by atoms with Crippen LogP contribution in [0.2, 0.25) is 0 Å². The molecule has 0 unspecified atom stereocenters. The van der Waals surface area contributed by atoms with Gasteiger partial charge in [-0.3, -0.25) is 0 Å². The van der Waals surface area contributed by atoms with E-state index in [1.807, 2.05) is 12.1 Å². The molecule has 88 valence electrons. The summed E-state index contributed by atoms with van der Waals surface area (Å²) in [5.41, 5.74) is 0.908. The molecule has 1 aliphatic heterocycles. The minimum Gasteiger partial charge on any atom is -0.301 e. The van der Waals surface area contributed by atoms with E-state index in [1.165, 1.54) is 0 Å². The molecule has 2 rings (SSSR count). The zero-order valence-corrected chi connectivity index (χ0v) is 10.1. The highest BCUT2D eigenvalue weighted by Crippen LogP contribution is 2.30. The molecule has 0 atom stereocenters. The van der Waals surface area contributed by atoms with Gasteiger partial charge in [0.1, 0.15) is 5.82 Å². The third kappa shape index (κ3) is 2.43. The Morgan fingerprint density at radius 2 is 1.81 bits per heavy atom. The third-order valence-corrected chi connectivity index (χ3v) is 3.60. The zero-order chi connectivity index (χ0) is 11.5. The van der Waals surface area contributed by atoms with Crippen LogP contribution in [0.5, 0.6) is 0 Å². The van der Waals surface area contributed by atoms with Gasteiger partial charge in [0.25, 0.3) is 0 Å². The molecule has 0 spiro atoms. The van der Waals surface area contributed by atoms with Crippen molar-refractivity contribution >= 4 is 0 Å². The van der Waals surface area contributed by atoms with Gasteiger partial charge in [0.15, 0.2) is 0 Å². The predicted molar refractivity (Wildman–Crippen MR) is 65.1 cm³/mol. The number of benzene rings is 1. The molecule has 0 aromatic heterocycles. The molecule has 0 bridgehead atoms. The normalized spacial score (nSPS) is 19.2. The van der Waals surface area contributed by atoms with Crippen molar-refractivity contribution in [1.82, 2.24) is 4.90 Å². The van der Waals surface area contributed by atoms with Crippen LogP contribution in [0.25, 0.3) is 0 Å². The maximum atomic E-state index is 13.6. The number of piperidine rings is 1. The monoisotopic (exact) mass is 221 g/mol. The lowest BCUT2D eigenvalue weighted by Gasteiger charge is -2.34. The number of hydrogen-bond donors (Lipinski definition) is 0. The topological polar surface area (TPSA) is 3.24 Å². The molecule has 1 heterocycles. The zero-order valence-electron chi connectivity index (χ0n) is 10.1. The highest BCUT2D eigenvalue weighted by Gasteiger charge is 2.23. The Kier molecular flexibility index (Phi) is 3.59. The molecule has 0 aliphatic carbocycles. The van der Waals surface area contributed by atoms with Gasteiger partial charge in [-0.05, 0) is 57.3 Å². The van der Waals surface area contributed by atoms with E-state index in [1.54, 1.807) is 12.1 Å². The standard InChI is InChI=1S/C14H20FN/c1-11(2)16-9-7-12(8-10-16)13-5-3-4-6-14(13)15/h3-6,11-12H,7-10H2,1-2H3. The maximum absolute atomic E-state index is 13.6. The molecule has 0 saturated carbocycles. The Morgan fingerprint density at radius 1 is 1.19 bits per heavy atom. The first-order valence-corrected chi connectivity index (χ1v) is 6.17. The third-order valence-electron chi connectivity index (χ3n) is 3.60. The second kappa shape index (κ2) is 4.96. The van der Waals surface area contributed by atoms with Crippen molar-refractivity contribution in [2.75, 3.05) is 13.1 Å². The fraction of sp³-hybridized carbons (Fsp3) is 0.571. The van der Waals surface area contributed by atoms with Crippen molar-refractivity contribution < 1.29 is 4.39 Å². The molecule has 0 N–H and O–H groups in total. The summed E-state index contributed by atoms with van der Waals surface area (Å²) in [6, 6.07) is 7.83. The van der Waals surface area contributed by atoms with E-state index in [9.17, 15) is 4.39 Å². The van der Waals surface area contributed by atoms with Gasteiger partial charge in [0.2, 0.25) is 0 Å². The average Bonchev–Trinajstić information content (AvgIpc) is 2.30. The van der Waals surface area contributed by atoms with Crippen LogP contribution in [0.15, 0.2) is 24.3 Å². The van der Waals surface area contributed by atoms with Crippen LogP contribution in [0, 0.1) is 5.82 Å². The fourth-order valence-electron chi connectivity index (χ4n) is 2.53. The molecule has 1 saturated heterocycles. The first-order valence-electron chi connectivity index (χ1n) is 6.17. The van der Waals surface area contributed by atoms with Gasteiger partial charge in [-0.2, -0.15) is 0 Å². The lowest BCUT2D eigenvalue weighted by atomic mass is 9.89. The van der Waals surface area contributed by atoms with Gasteiger partial charge in [-0.15, -0.1) is 0 Å². The van der Waals surface area contributed by atoms with Gasteiger partial charge in [-0.25, -0.2) is 4.39 Å². The minimum atomic E-state index is -0.0366. The second-order valence-electron chi connectivity index (χ2n) is 4.93. The highest BCUT2D eigenvalue weighted by molar-refractivity contribution is 5.22. The first kappa shape index (κ1) is 11.6. The molecule has 1 fully saturated rings. The lowest BCUT2D eigenvalue weighted by molar-refractivity contribution is 0.171. The van der Waals surface area contributed by atoms with E-state index in [0.29, 0.717) is 12.0 Å². The van der Waals surface area contributed by atoms with Crippen molar-refractivity contribution in [2.45, 2.75) is 38.6 Å². The minimum absolute atomic E-state index is 0.0366. The summed E-state index contributed by atoms with van der Waals surface area (Å²) in [7, 11) is 0. The SMILES string of the molecule is CC(C)N1CCC(c2ccccc2F)CC1. The van der Waals surface area contributed by atoms with E-state index in [2.05, 4.69) is 18.7 Å². The summed E-state index contributed by atoms with van der Waals surface area (Å²) >= 11 is 0. The molecule has 1 aromatic carbocycles. The maximum Gasteiger partial charge on any atom is 0.126 e. The molecule has 0 radical (unpaired) electrons.